The summed E-state index contributed by atoms with van der Waals surface area (Å²) in [6, 6.07) is 11.8. The molecule has 0 aromatic heterocycles. The number of carboxylic acids is 1. The zero-order valence-electron chi connectivity index (χ0n) is 15.0. The second kappa shape index (κ2) is 7.29. The van der Waals surface area contributed by atoms with Crippen molar-refractivity contribution in [2.45, 2.75) is 40.8 Å². The van der Waals surface area contributed by atoms with Crippen LogP contribution in [0.15, 0.2) is 47.4 Å². The summed E-state index contributed by atoms with van der Waals surface area (Å²) in [6.07, 6.45) is 0.576. The van der Waals surface area contributed by atoms with Crippen molar-refractivity contribution in [1.29, 1.82) is 0 Å². The number of nitro benzene ring substituents is 1. The molecule has 5 atom stereocenters. The van der Waals surface area contributed by atoms with Gasteiger partial charge in [0.15, 0.2) is 0 Å². The number of para-hydroxylation sites is 1. The zero-order chi connectivity index (χ0) is 20.0. The van der Waals surface area contributed by atoms with Crippen LogP contribution < -0.4 is 5.32 Å². The van der Waals surface area contributed by atoms with E-state index in [0.29, 0.717) is 11.3 Å². The summed E-state index contributed by atoms with van der Waals surface area (Å²) in [4.78, 5) is 23.4. The number of hydrogen-bond donors (Lipinski definition) is 2. The fourth-order valence-corrected chi connectivity index (χ4v) is 6.29. The molecule has 28 heavy (non-hydrogen) atoms. The van der Waals surface area contributed by atoms with Crippen molar-refractivity contribution < 1.29 is 14.8 Å². The van der Waals surface area contributed by atoms with Crippen LogP contribution in [0.1, 0.15) is 23.5 Å². The molecule has 146 valence electrons. The van der Waals surface area contributed by atoms with Crippen molar-refractivity contribution in [2.75, 3.05) is 5.32 Å². The number of nitrogens with one attached hydrogen (secondary N) is 1. The van der Waals surface area contributed by atoms with E-state index in [4.69, 9.17) is 11.6 Å². The van der Waals surface area contributed by atoms with Crippen LogP contribution in [0.2, 0.25) is 0 Å². The first-order valence-corrected chi connectivity index (χ1v) is 10.3. The Morgan fingerprint density at radius 1 is 1.32 bits per heavy atom. The molecule has 2 aliphatic rings. The van der Waals surface area contributed by atoms with Crippen LogP contribution in [0, 0.1) is 23.0 Å². The highest BCUT2D eigenvalue weighted by Crippen LogP contribution is 2.55. The number of carboxylic acid groups (broad SMARTS) is 1. The summed E-state index contributed by atoms with van der Waals surface area (Å²) in [5.74, 6) is -1.19. The second-order valence-corrected chi connectivity index (χ2v) is 9.09. The van der Waals surface area contributed by atoms with Gasteiger partial charge in [-0.3, -0.25) is 10.1 Å². The lowest BCUT2D eigenvalue weighted by molar-refractivity contribution is -0.387. The van der Waals surface area contributed by atoms with E-state index in [9.17, 15) is 20.0 Å². The number of thioether (sulfide) groups is 1. The van der Waals surface area contributed by atoms with Gasteiger partial charge in [-0.25, -0.2) is 4.79 Å². The summed E-state index contributed by atoms with van der Waals surface area (Å²) >= 11 is 8.25. The Labute approximate surface area is 171 Å². The van der Waals surface area contributed by atoms with E-state index in [1.54, 1.807) is 18.2 Å². The summed E-state index contributed by atoms with van der Waals surface area (Å²) in [5.41, 5.74) is 2.98. The number of anilines is 1. The summed E-state index contributed by atoms with van der Waals surface area (Å²) < 4.78 is 0. The fraction of sp³-hybridized carbons (Fsp3) is 0.350. The molecule has 2 aromatic carbocycles. The summed E-state index contributed by atoms with van der Waals surface area (Å²) in [5, 5.41) is 23.8. The fourth-order valence-electron chi connectivity index (χ4n) is 4.35. The third kappa shape index (κ3) is 3.22. The molecule has 1 aliphatic heterocycles. The van der Waals surface area contributed by atoms with Gasteiger partial charge in [0.05, 0.1) is 15.2 Å². The van der Waals surface area contributed by atoms with Gasteiger partial charge in [-0.15, -0.1) is 23.4 Å². The van der Waals surface area contributed by atoms with E-state index in [1.807, 2.05) is 19.1 Å². The maximum Gasteiger partial charge on any atom is 0.326 e. The quantitative estimate of drug-likeness (QED) is 0.426. The molecule has 0 bridgehead atoms. The van der Waals surface area contributed by atoms with Gasteiger partial charge in [0.25, 0.3) is 5.69 Å². The molecule has 4 rings (SSSR count). The maximum atomic E-state index is 11.9. The standard InChI is InChI=1S/C20H19ClN2O4S/c1-10-6-7-13-11(8-10)17-12(19(22-13)20(24)25)9-16(18(17)21)28-15-5-3-2-4-14(15)23(26)27/h2-8,12,16-19,22H,9H2,1H3,(H,24,25)/t12-,16-,17+,18-,19+/m1/s1. The van der Waals surface area contributed by atoms with Crippen LogP contribution >= 0.6 is 23.4 Å². The minimum absolute atomic E-state index is 0.0513. The van der Waals surface area contributed by atoms with Crippen molar-refractivity contribution in [1.82, 2.24) is 0 Å². The predicted octanol–water partition coefficient (Wildman–Crippen LogP) is 4.65. The average molecular weight is 419 g/mol. The number of rotatable bonds is 4. The molecule has 0 spiro atoms. The molecular formula is C20H19ClN2O4S. The topological polar surface area (TPSA) is 92.5 Å². The summed E-state index contributed by atoms with van der Waals surface area (Å²) in [6.45, 7) is 2.00. The Morgan fingerprint density at radius 3 is 2.79 bits per heavy atom. The van der Waals surface area contributed by atoms with Gasteiger partial charge in [-0.05, 0) is 37.0 Å². The van der Waals surface area contributed by atoms with Gasteiger partial charge >= 0.3 is 5.97 Å². The lowest BCUT2D eigenvalue weighted by atomic mass is 9.79. The van der Waals surface area contributed by atoms with Crippen molar-refractivity contribution in [3.63, 3.8) is 0 Å². The van der Waals surface area contributed by atoms with Gasteiger partial charge in [0.1, 0.15) is 6.04 Å². The highest BCUT2D eigenvalue weighted by molar-refractivity contribution is 8.00. The zero-order valence-corrected chi connectivity index (χ0v) is 16.6. The monoisotopic (exact) mass is 418 g/mol. The van der Waals surface area contributed by atoms with Crippen LogP contribution in [-0.4, -0.2) is 32.7 Å². The molecular weight excluding hydrogens is 400 g/mol. The molecule has 1 heterocycles. The van der Waals surface area contributed by atoms with Crippen molar-refractivity contribution in [3.05, 3.63) is 63.7 Å². The number of nitro groups is 1. The lowest BCUT2D eigenvalue weighted by Crippen LogP contribution is -2.42. The van der Waals surface area contributed by atoms with Gasteiger partial charge < -0.3 is 10.4 Å². The minimum atomic E-state index is -0.901. The number of aliphatic carboxylic acids is 1. The number of carbonyl (C=O) groups is 1. The average Bonchev–Trinajstić information content (AvgIpc) is 2.98. The number of aryl methyl sites for hydroxylation is 1. The van der Waals surface area contributed by atoms with Gasteiger partial charge in [-0.1, -0.05) is 29.8 Å². The molecule has 0 amide bonds. The van der Waals surface area contributed by atoms with Crippen LogP contribution in [0.3, 0.4) is 0 Å². The van der Waals surface area contributed by atoms with Gasteiger partial charge in [0.2, 0.25) is 0 Å². The van der Waals surface area contributed by atoms with E-state index in [-0.39, 0.29) is 28.2 Å². The molecule has 1 saturated carbocycles. The van der Waals surface area contributed by atoms with E-state index < -0.39 is 16.9 Å². The number of alkyl halides is 1. The molecule has 8 heteroatoms. The molecule has 0 unspecified atom stereocenters. The number of nitrogens with zero attached hydrogens (tertiary/aromatic N) is 1. The third-order valence-electron chi connectivity index (χ3n) is 5.58. The smallest absolute Gasteiger partial charge is 0.326 e. The van der Waals surface area contributed by atoms with Crippen LogP contribution in [0.25, 0.3) is 0 Å². The molecule has 0 radical (unpaired) electrons. The third-order valence-corrected chi connectivity index (χ3v) is 7.69. The minimum Gasteiger partial charge on any atom is -0.480 e. The molecule has 6 nitrogen and oxygen atoms in total. The maximum absolute atomic E-state index is 11.9. The van der Waals surface area contributed by atoms with Crippen molar-refractivity contribution in [3.8, 4) is 0 Å². The first-order chi connectivity index (χ1) is 13.4. The first-order valence-electron chi connectivity index (χ1n) is 9.01. The van der Waals surface area contributed by atoms with Crippen LogP contribution in [0.4, 0.5) is 11.4 Å². The predicted molar refractivity (Wildman–Crippen MR) is 109 cm³/mol. The van der Waals surface area contributed by atoms with E-state index >= 15 is 0 Å². The van der Waals surface area contributed by atoms with E-state index in [0.717, 1.165) is 16.8 Å². The van der Waals surface area contributed by atoms with Crippen molar-refractivity contribution in [2.24, 2.45) is 5.92 Å². The van der Waals surface area contributed by atoms with E-state index in [2.05, 4.69) is 11.4 Å². The highest BCUT2D eigenvalue weighted by atomic mass is 35.5. The van der Waals surface area contributed by atoms with Crippen molar-refractivity contribution >= 4 is 40.7 Å². The Morgan fingerprint density at radius 2 is 2.07 bits per heavy atom. The molecule has 2 N–H and O–H groups in total. The lowest BCUT2D eigenvalue weighted by Gasteiger charge is -2.36. The molecule has 0 saturated heterocycles. The Balaban J connectivity index is 1.70. The van der Waals surface area contributed by atoms with Gasteiger partial charge in [-0.2, -0.15) is 0 Å². The number of halogens is 1. The number of fused-ring (bicyclic) bond motifs is 3. The largest absolute Gasteiger partial charge is 0.480 e. The first kappa shape index (κ1) is 19.1. The Hall–Kier alpha value is -2.25. The van der Waals surface area contributed by atoms with Crippen LogP contribution in [0.5, 0.6) is 0 Å². The Kier molecular flexibility index (Phi) is 4.97. The number of hydrogen-bond acceptors (Lipinski definition) is 5. The molecule has 2 aromatic rings. The SMILES string of the molecule is Cc1ccc2c(c1)[C@@H]1[C@H](Cl)[C@H](Sc3ccccc3[N+](=O)[O-])C[C@H]1[C@@H](C(=O)O)N2. The van der Waals surface area contributed by atoms with E-state index in [1.165, 1.54) is 17.8 Å². The number of benzene rings is 2. The Bertz CT molecular complexity index is 954. The summed E-state index contributed by atoms with van der Waals surface area (Å²) in [7, 11) is 0. The molecule has 1 aliphatic carbocycles. The normalized spacial score (nSPS) is 28.1. The van der Waals surface area contributed by atoms with Gasteiger partial charge in [0, 0.05) is 22.9 Å². The second-order valence-electron chi connectivity index (χ2n) is 7.30. The van der Waals surface area contributed by atoms with Crippen LogP contribution in [-0.2, 0) is 4.79 Å². The molecule has 1 fully saturated rings. The highest BCUT2D eigenvalue weighted by Gasteiger charge is 2.52.